The van der Waals surface area contributed by atoms with E-state index in [-0.39, 0.29) is 5.91 Å². The molecular formula is C8H14N2O4. The van der Waals surface area contributed by atoms with E-state index in [2.05, 4.69) is 10.6 Å². The minimum Gasteiger partial charge on any atom is -0.480 e. The van der Waals surface area contributed by atoms with E-state index in [0.717, 1.165) is 0 Å². The Hall–Kier alpha value is -1.59. The minimum atomic E-state index is -1.12. The van der Waals surface area contributed by atoms with Crippen LogP contribution in [0.25, 0.3) is 0 Å². The van der Waals surface area contributed by atoms with Crippen LogP contribution in [0.3, 0.4) is 0 Å². The second-order valence-corrected chi connectivity index (χ2v) is 2.99. The molecule has 0 spiro atoms. The highest BCUT2D eigenvalue weighted by atomic mass is 16.4. The summed E-state index contributed by atoms with van der Waals surface area (Å²) in [6, 6.07) is -1.69. The van der Waals surface area contributed by atoms with Crippen molar-refractivity contribution in [2.24, 2.45) is 0 Å². The van der Waals surface area contributed by atoms with Gasteiger partial charge >= 0.3 is 5.97 Å². The molecule has 14 heavy (non-hydrogen) atoms. The quantitative estimate of drug-likeness (QED) is 0.550. The van der Waals surface area contributed by atoms with Crippen LogP contribution in [0.5, 0.6) is 0 Å². The van der Waals surface area contributed by atoms with Crippen molar-refractivity contribution in [3.8, 4) is 0 Å². The van der Waals surface area contributed by atoms with Crippen LogP contribution in [-0.2, 0) is 14.4 Å². The Labute approximate surface area is 81.7 Å². The maximum atomic E-state index is 11.2. The average Bonchev–Trinajstić information content (AvgIpc) is 2.02. The number of amides is 2. The lowest BCUT2D eigenvalue weighted by atomic mass is 10.2. The first-order valence-corrected chi connectivity index (χ1v) is 4.15. The van der Waals surface area contributed by atoms with Gasteiger partial charge in [-0.05, 0) is 13.8 Å². The summed E-state index contributed by atoms with van der Waals surface area (Å²) in [5.41, 5.74) is 0. The Bertz CT molecular complexity index is 252. The Kier molecular flexibility index (Phi) is 4.62. The first kappa shape index (κ1) is 12.4. The summed E-state index contributed by atoms with van der Waals surface area (Å²) in [4.78, 5) is 32.2. The highest BCUT2D eigenvalue weighted by molar-refractivity contribution is 5.89. The number of nitrogens with one attached hydrogen (secondary N) is 2. The van der Waals surface area contributed by atoms with Gasteiger partial charge in [0.05, 0.1) is 0 Å². The molecule has 0 aromatic carbocycles. The molecule has 2 amide bonds. The van der Waals surface area contributed by atoms with Gasteiger partial charge in [-0.15, -0.1) is 0 Å². The van der Waals surface area contributed by atoms with E-state index in [1.54, 1.807) is 0 Å². The maximum Gasteiger partial charge on any atom is 0.325 e. The zero-order valence-electron chi connectivity index (χ0n) is 8.33. The van der Waals surface area contributed by atoms with Crippen LogP contribution in [-0.4, -0.2) is 35.0 Å². The second kappa shape index (κ2) is 5.21. The van der Waals surface area contributed by atoms with Crippen LogP contribution in [0.15, 0.2) is 0 Å². The van der Waals surface area contributed by atoms with Crippen molar-refractivity contribution < 1.29 is 19.5 Å². The number of carbonyl (C=O) groups is 3. The first-order chi connectivity index (χ1) is 6.34. The summed E-state index contributed by atoms with van der Waals surface area (Å²) in [5, 5.41) is 13.1. The van der Waals surface area contributed by atoms with Gasteiger partial charge in [0.2, 0.25) is 11.8 Å². The third-order valence-electron chi connectivity index (χ3n) is 1.54. The van der Waals surface area contributed by atoms with Crippen LogP contribution in [0.1, 0.15) is 20.8 Å². The van der Waals surface area contributed by atoms with Gasteiger partial charge in [0, 0.05) is 6.92 Å². The molecule has 0 saturated carbocycles. The Morgan fingerprint density at radius 2 is 1.57 bits per heavy atom. The van der Waals surface area contributed by atoms with Crippen LogP contribution < -0.4 is 10.6 Å². The smallest absolute Gasteiger partial charge is 0.325 e. The number of carboxylic acids is 1. The Morgan fingerprint density at radius 3 is 1.93 bits per heavy atom. The van der Waals surface area contributed by atoms with Crippen LogP contribution >= 0.6 is 0 Å². The fourth-order valence-corrected chi connectivity index (χ4v) is 0.771. The first-order valence-electron chi connectivity index (χ1n) is 4.15. The fourth-order valence-electron chi connectivity index (χ4n) is 0.771. The predicted molar refractivity (Wildman–Crippen MR) is 48.5 cm³/mol. The molecule has 0 heterocycles. The molecule has 0 rings (SSSR count). The van der Waals surface area contributed by atoms with E-state index >= 15 is 0 Å². The Morgan fingerprint density at radius 1 is 1.07 bits per heavy atom. The molecule has 6 nitrogen and oxygen atoms in total. The lowest BCUT2D eigenvalue weighted by Gasteiger charge is -2.14. The molecule has 80 valence electrons. The van der Waals surface area contributed by atoms with Crippen molar-refractivity contribution in [3.05, 3.63) is 0 Å². The highest BCUT2D eigenvalue weighted by Gasteiger charge is 2.18. The average molecular weight is 202 g/mol. The summed E-state index contributed by atoms with van der Waals surface area (Å²) in [6.07, 6.45) is 0. The van der Waals surface area contributed by atoms with Crippen LogP contribution in [0, 0.1) is 0 Å². The van der Waals surface area contributed by atoms with E-state index in [9.17, 15) is 14.4 Å². The molecule has 2 atom stereocenters. The van der Waals surface area contributed by atoms with Gasteiger partial charge < -0.3 is 15.7 Å². The molecule has 0 aromatic rings. The van der Waals surface area contributed by atoms with Crippen LogP contribution in [0.2, 0.25) is 0 Å². The van der Waals surface area contributed by atoms with Crippen molar-refractivity contribution in [2.45, 2.75) is 32.9 Å². The third-order valence-corrected chi connectivity index (χ3v) is 1.54. The minimum absolute atomic E-state index is 0.337. The van der Waals surface area contributed by atoms with Crippen molar-refractivity contribution >= 4 is 17.8 Å². The standard InChI is InChI=1S/C8H14N2O4/c1-4(9-6(3)11)7(12)10-5(2)8(13)14/h4-5H,1-3H3,(H,9,11)(H,10,12)(H,13,14)/t4?,5-/m0/s1. The lowest BCUT2D eigenvalue weighted by molar-refractivity contribution is -0.141. The molecule has 1 unspecified atom stereocenters. The van der Waals surface area contributed by atoms with Crippen molar-refractivity contribution in [2.75, 3.05) is 0 Å². The molecule has 0 aliphatic heterocycles. The van der Waals surface area contributed by atoms with Crippen molar-refractivity contribution in [1.82, 2.24) is 10.6 Å². The van der Waals surface area contributed by atoms with Gasteiger partial charge in [0.15, 0.2) is 0 Å². The van der Waals surface area contributed by atoms with E-state index < -0.39 is 24.0 Å². The van der Waals surface area contributed by atoms with Gasteiger partial charge in [-0.25, -0.2) is 0 Å². The largest absolute Gasteiger partial charge is 0.480 e. The van der Waals surface area contributed by atoms with E-state index in [1.807, 2.05) is 0 Å². The van der Waals surface area contributed by atoms with Crippen LogP contribution in [0.4, 0.5) is 0 Å². The molecule has 0 bridgehead atoms. The van der Waals surface area contributed by atoms with Gasteiger partial charge in [0.25, 0.3) is 0 Å². The molecule has 0 radical (unpaired) electrons. The molecule has 0 aliphatic carbocycles. The summed E-state index contributed by atoms with van der Waals surface area (Å²) in [6.45, 7) is 4.11. The Balaban J connectivity index is 4.07. The molecule has 0 fully saturated rings. The normalized spacial score (nSPS) is 13.9. The number of carboxylic acid groups (broad SMARTS) is 1. The van der Waals surface area contributed by atoms with Crippen molar-refractivity contribution in [3.63, 3.8) is 0 Å². The molecule has 0 aliphatic rings. The zero-order chi connectivity index (χ0) is 11.3. The fraction of sp³-hybridized carbons (Fsp3) is 0.625. The summed E-state index contributed by atoms with van der Waals surface area (Å²) >= 11 is 0. The number of hydrogen-bond acceptors (Lipinski definition) is 3. The topological polar surface area (TPSA) is 95.5 Å². The molecule has 3 N–H and O–H groups in total. The van der Waals surface area contributed by atoms with E-state index in [1.165, 1.54) is 20.8 Å². The molecule has 0 saturated heterocycles. The maximum absolute atomic E-state index is 11.2. The van der Waals surface area contributed by atoms with E-state index in [4.69, 9.17) is 5.11 Å². The predicted octanol–water partition coefficient (Wildman–Crippen LogP) is -0.900. The molecule has 0 aromatic heterocycles. The summed E-state index contributed by atoms with van der Waals surface area (Å²) < 4.78 is 0. The third kappa shape index (κ3) is 4.44. The second-order valence-electron chi connectivity index (χ2n) is 2.99. The number of rotatable bonds is 4. The zero-order valence-corrected chi connectivity index (χ0v) is 8.33. The van der Waals surface area contributed by atoms with Crippen molar-refractivity contribution in [1.29, 1.82) is 0 Å². The number of hydrogen-bond donors (Lipinski definition) is 3. The highest BCUT2D eigenvalue weighted by Crippen LogP contribution is 1.86. The van der Waals surface area contributed by atoms with Gasteiger partial charge in [-0.2, -0.15) is 0 Å². The monoisotopic (exact) mass is 202 g/mol. The SMILES string of the molecule is CC(=O)NC(C)C(=O)N[C@@H](C)C(=O)O. The van der Waals surface area contributed by atoms with E-state index in [0.29, 0.717) is 0 Å². The molecule has 6 heteroatoms. The summed E-state index contributed by atoms with van der Waals surface area (Å²) in [7, 11) is 0. The lowest BCUT2D eigenvalue weighted by Crippen LogP contribution is -2.48. The van der Waals surface area contributed by atoms with Gasteiger partial charge in [0.1, 0.15) is 12.1 Å². The van der Waals surface area contributed by atoms with Gasteiger partial charge in [-0.3, -0.25) is 14.4 Å². The van der Waals surface area contributed by atoms with Gasteiger partial charge in [-0.1, -0.05) is 0 Å². The number of aliphatic carboxylic acids is 1. The molecular weight excluding hydrogens is 188 g/mol. The summed E-state index contributed by atoms with van der Waals surface area (Å²) in [5.74, 6) is -1.97. The number of carbonyl (C=O) groups excluding carboxylic acids is 2.